The van der Waals surface area contributed by atoms with Crippen molar-refractivity contribution in [2.45, 2.75) is 42.5 Å². The second-order valence-electron chi connectivity index (χ2n) is 7.05. The average molecular weight is 350 g/mol. The highest BCUT2D eigenvalue weighted by molar-refractivity contribution is 8.01. The van der Waals surface area contributed by atoms with Crippen molar-refractivity contribution in [1.82, 2.24) is 4.90 Å². The van der Waals surface area contributed by atoms with Crippen molar-refractivity contribution in [2.24, 2.45) is 11.7 Å². The number of benzene rings is 1. The van der Waals surface area contributed by atoms with E-state index in [1.54, 1.807) is 23.9 Å². The summed E-state index contributed by atoms with van der Waals surface area (Å²) < 4.78 is -0.368. The summed E-state index contributed by atoms with van der Waals surface area (Å²) in [6.07, 6.45) is 0.346. The lowest BCUT2D eigenvalue weighted by molar-refractivity contribution is -0.147. The Kier molecular flexibility index (Phi) is 4.36. The lowest BCUT2D eigenvalue weighted by Gasteiger charge is -2.44. The number of ketones is 1. The van der Waals surface area contributed by atoms with E-state index < -0.39 is 18.1 Å². The van der Waals surface area contributed by atoms with E-state index in [0.717, 1.165) is 0 Å². The molecular weight excluding hydrogens is 328 g/mol. The van der Waals surface area contributed by atoms with Crippen LogP contribution < -0.4 is 5.73 Å². The number of phenolic OH excluding ortho intramolecular Hbond substituents is 1. The van der Waals surface area contributed by atoms with Crippen LogP contribution in [0.3, 0.4) is 0 Å². The number of nitrogens with zero attached hydrogens (tertiary/aromatic N) is 1. The smallest absolute Gasteiger partial charge is 0.322 e. The molecular formula is C17H22N2O4S. The van der Waals surface area contributed by atoms with Crippen LogP contribution in [0.25, 0.3) is 0 Å². The highest BCUT2D eigenvalue weighted by Gasteiger charge is 2.59. The number of carbonyl (C=O) groups is 2. The van der Waals surface area contributed by atoms with Crippen molar-refractivity contribution in [3.63, 3.8) is 0 Å². The predicted molar refractivity (Wildman–Crippen MR) is 91.7 cm³/mol. The first-order valence-electron chi connectivity index (χ1n) is 7.94. The fourth-order valence-electron chi connectivity index (χ4n) is 3.65. The maximum absolute atomic E-state index is 12.5. The number of hydrogen-bond donors (Lipinski definition) is 3. The Labute approximate surface area is 145 Å². The molecule has 2 aliphatic heterocycles. The Balaban J connectivity index is 1.63. The number of carboxylic acid groups (broad SMARTS) is 1. The number of Topliss-reactive ketones (excluding diaryl/α,β-unsaturated/α-hetero) is 1. The Morgan fingerprint density at radius 3 is 2.58 bits per heavy atom. The first kappa shape index (κ1) is 17.3. The monoisotopic (exact) mass is 350 g/mol. The summed E-state index contributed by atoms with van der Waals surface area (Å²) in [5, 5.41) is 18.8. The Hall–Kier alpha value is -1.57. The van der Waals surface area contributed by atoms with Crippen molar-refractivity contribution in [3.05, 3.63) is 29.8 Å². The zero-order valence-electron chi connectivity index (χ0n) is 13.7. The zero-order valence-corrected chi connectivity index (χ0v) is 14.5. The number of carboxylic acids is 1. The van der Waals surface area contributed by atoms with E-state index in [-0.39, 0.29) is 27.6 Å². The van der Waals surface area contributed by atoms with E-state index >= 15 is 0 Å². The molecule has 2 saturated heterocycles. The van der Waals surface area contributed by atoms with Gasteiger partial charge in [0.1, 0.15) is 11.8 Å². The van der Waals surface area contributed by atoms with Gasteiger partial charge in [-0.3, -0.25) is 14.5 Å². The maximum atomic E-state index is 12.5. The van der Waals surface area contributed by atoms with Crippen molar-refractivity contribution < 1.29 is 19.8 Å². The zero-order chi connectivity index (χ0) is 17.6. The van der Waals surface area contributed by atoms with Gasteiger partial charge in [-0.15, -0.1) is 11.8 Å². The van der Waals surface area contributed by atoms with E-state index in [1.807, 2.05) is 18.7 Å². The summed E-state index contributed by atoms with van der Waals surface area (Å²) in [4.78, 5) is 25.9. The number of aliphatic carboxylic acids is 1. The van der Waals surface area contributed by atoms with E-state index in [0.29, 0.717) is 18.5 Å². The van der Waals surface area contributed by atoms with Gasteiger partial charge in [0.05, 0.1) is 11.4 Å². The molecule has 0 aliphatic carbocycles. The fraction of sp³-hybridized carbons (Fsp3) is 0.529. The van der Waals surface area contributed by atoms with Gasteiger partial charge in [0, 0.05) is 23.6 Å². The lowest BCUT2D eigenvalue weighted by Crippen LogP contribution is -2.59. The normalized spacial score (nSPS) is 29.5. The van der Waals surface area contributed by atoms with Crippen LogP contribution in [-0.2, 0) is 9.59 Å². The second kappa shape index (κ2) is 6.06. The van der Waals surface area contributed by atoms with E-state index in [1.165, 1.54) is 12.1 Å². The molecule has 1 aromatic rings. The summed E-state index contributed by atoms with van der Waals surface area (Å²) >= 11 is 1.63. The summed E-state index contributed by atoms with van der Waals surface area (Å²) in [7, 11) is 0. The topological polar surface area (TPSA) is 104 Å². The summed E-state index contributed by atoms with van der Waals surface area (Å²) in [6.45, 7) is 4.50. The molecule has 1 aromatic carbocycles. The quantitative estimate of drug-likeness (QED) is 0.741. The van der Waals surface area contributed by atoms with Crippen LogP contribution in [0.15, 0.2) is 24.3 Å². The Morgan fingerprint density at radius 1 is 1.38 bits per heavy atom. The molecule has 4 N–H and O–H groups in total. The van der Waals surface area contributed by atoms with Crippen molar-refractivity contribution in [1.29, 1.82) is 0 Å². The van der Waals surface area contributed by atoms with Crippen LogP contribution in [0.4, 0.5) is 0 Å². The molecule has 130 valence electrons. The van der Waals surface area contributed by atoms with E-state index in [9.17, 15) is 19.8 Å². The van der Waals surface area contributed by atoms with E-state index in [4.69, 9.17) is 5.73 Å². The lowest BCUT2D eigenvalue weighted by atomic mass is 9.87. The molecule has 0 bridgehead atoms. The molecule has 0 amide bonds. The van der Waals surface area contributed by atoms with Gasteiger partial charge in [0.15, 0.2) is 5.78 Å². The number of hydrogen-bond acceptors (Lipinski definition) is 6. The number of rotatable bonds is 5. The van der Waals surface area contributed by atoms with E-state index in [2.05, 4.69) is 0 Å². The van der Waals surface area contributed by atoms with Gasteiger partial charge in [0.2, 0.25) is 0 Å². The van der Waals surface area contributed by atoms with Crippen LogP contribution in [0.5, 0.6) is 5.75 Å². The van der Waals surface area contributed by atoms with Gasteiger partial charge in [-0.2, -0.15) is 0 Å². The fourth-order valence-corrected chi connectivity index (χ4v) is 5.35. The molecule has 4 atom stereocenters. The predicted octanol–water partition coefficient (Wildman–Crippen LogP) is 1.59. The Morgan fingerprint density at radius 2 is 2.00 bits per heavy atom. The van der Waals surface area contributed by atoms with Crippen LogP contribution in [0.1, 0.15) is 31.9 Å². The van der Waals surface area contributed by atoms with Crippen LogP contribution in [-0.4, -0.2) is 49.6 Å². The third-order valence-electron chi connectivity index (χ3n) is 4.89. The highest BCUT2D eigenvalue weighted by atomic mass is 32.2. The number of carbonyl (C=O) groups excluding carboxylic acids is 1. The standard InChI is InChI=1S/C17H22N2O4S/c1-17(2)14(16(22)23)19-8-10(15(19)24-17)7-12(21)13(18)9-3-5-11(20)6-4-9/h3-6,10,13-15,20H,7-8,18H2,1-2H3,(H,22,23). The molecule has 4 unspecified atom stereocenters. The minimum Gasteiger partial charge on any atom is -0.508 e. The first-order chi connectivity index (χ1) is 11.2. The highest BCUT2D eigenvalue weighted by Crippen LogP contribution is 2.53. The van der Waals surface area contributed by atoms with Gasteiger partial charge < -0.3 is 15.9 Å². The summed E-state index contributed by atoms with van der Waals surface area (Å²) in [5.41, 5.74) is 6.71. The largest absolute Gasteiger partial charge is 0.508 e. The van der Waals surface area contributed by atoms with Gasteiger partial charge in [-0.1, -0.05) is 12.1 Å². The minimum absolute atomic E-state index is 0.0532. The molecule has 6 nitrogen and oxygen atoms in total. The van der Waals surface area contributed by atoms with Gasteiger partial charge in [0.25, 0.3) is 0 Å². The third-order valence-corrected chi connectivity index (χ3v) is 6.61. The van der Waals surface area contributed by atoms with Crippen molar-refractivity contribution >= 4 is 23.5 Å². The number of thioether (sulfide) groups is 1. The minimum atomic E-state index is -0.805. The van der Waals surface area contributed by atoms with Crippen molar-refractivity contribution in [3.8, 4) is 5.75 Å². The third kappa shape index (κ3) is 2.92. The maximum Gasteiger partial charge on any atom is 0.322 e. The van der Waals surface area contributed by atoms with Crippen LogP contribution in [0, 0.1) is 5.92 Å². The van der Waals surface area contributed by atoms with Crippen LogP contribution in [0.2, 0.25) is 0 Å². The molecule has 0 saturated carbocycles. The molecule has 2 fully saturated rings. The average Bonchev–Trinajstić information content (AvgIpc) is 2.72. The van der Waals surface area contributed by atoms with Gasteiger partial charge in [-0.05, 0) is 31.5 Å². The summed E-state index contributed by atoms with van der Waals surface area (Å²) in [5.74, 6) is -0.588. The molecule has 0 radical (unpaired) electrons. The molecule has 0 spiro atoms. The Bertz CT molecular complexity index is 661. The van der Waals surface area contributed by atoms with Gasteiger partial charge in [-0.25, -0.2) is 0 Å². The van der Waals surface area contributed by atoms with Crippen molar-refractivity contribution in [2.75, 3.05) is 6.54 Å². The molecule has 3 rings (SSSR count). The molecule has 2 aliphatic rings. The molecule has 0 aromatic heterocycles. The number of aromatic hydroxyl groups is 1. The number of fused-ring (bicyclic) bond motifs is 1. The SMILES string of the molecule is CC1(C)SC2C(CC(=O)C(N)c3ccc(O)cc3)CN2C1C(=O)O. The number of phenols is 1. The summed E-state index contributed by atoms with van der Waals surface area (Å²) in [6, 6.07) is 5.11. The van der Waals surface area contributed by atoms with Gasteiger partial charge >= 0.3 is 5.97 Å². The molecule has 2 heterocycles. The molecule has 7 heteroatoms. The molecule has 24 heavy (non-hydrogen) atoms. The second-order valence-corrected chi connectivity index (χ2v) is 8.82. The van der Waals surface area contributed by atoms with Crippen LogP contribution >= 0.6 is 11.8 Å². The first-order valence-corrected chi connectivity index (χ1v) is 8.82. The number of nitrogens with two attached hydrogens (primary N) is 1.